The van der Waals surface area contributed by atoms with Gasteiger partial charge < -0.3 is 4.74 Å². The van der Waals surface area contributed by atoms with Gasteiger partial charge in [0.25, 0.3) is 9.05 Å². The number of benzene rings is 1. The lowest BCUT2D eigenvalue weighted by Crippen LogP contribution is -2.13. The molecule has 0 aliphatic rings. The maximum absolute atomic E-state index is 12.9. The topological polar surface area (TPSA) is 77.5 Å². The SMILES string of the molecule is CS(=O)(=O)CCOc1ccc(F)cc1S(=O)(=O)Cl. The normalized spacial score (nSPS) is 12.4. The molecule has 18 heavy (non-hydrogen) atoms. The van der Waals surface area contributed by atoms with Crippen molar-refractivity contribution in [2.75, 3.05) is 18.6 Å². The van der Waals surface area contributed by atoms with Gasteiger partial charge in [0.05, 0.1) is 5.75 Å². The van der Waals surface area contributed by atoms with Crippen LogP contribution in [0.2, 0.25) is 0 Å². The van der Waals surface area contributed by atoms with E-state index >= 15 is 0 Å². The molecule has 0 fully saturated rings. The molecule has 0 radical (unpaired) electrons. The van der Waals surface area contributed by atoms with Gasteiger partial charge >= 0.3 is 0 Å². The van der Waals surface area contributed by atoms with Gasteiger partial charge in [0.1, 0.15) is 23.1 Å². The highest BCUT2D eigenvalue weighted by molar-refractivity contribution is 8.13. The summed E-state index contributed by atoms with van der Waals surface area (Å²) in [5.74, 6) is -1.26. The molecule has 0 N–H and O–H groups in total. The Hall–Kier alpha value is -0.860. The molecular formula is C9H10ClFO5S2. The molecule has 0 aromatic heterocycles. The second kappa shape index (κ2) is 5.41. The second-order valence-corrected chi connectivity index (χ2v) is 8.30. The molecule has 0 saturated carbocycles. The second-order valence-electron chi connectivity index (χ2n) is 3.51. The van der Waals surface area contributed by atoms with Crippen LogP contribution < -0.4 is 4.74 Å². The fourth-order valence-corrected chi connectivity index (χ4v) is 2.46. The Morgan fingerprint density at radius 1 is 1.28 bits per heavy atom. The van der Waals surface area contributed by atoms with E-state index in [2.05, 4.69) is 0 Å². The largest absolute Gasteiger partial charge is 0.491 e. The number of hydrogen-bond donors (Lipinski definition) is 0. The summed E-state index contributed by atoms with van der Waals surface area (Å²) in [4.78, 5) is -0.530. The maximum atomic E-state index is 12.9. The number of sulfone groups is 1. The minimum Gasteiger partial charge on any atom is -0.491 e. The Bertz CT molecular complexity index is 639. The van der Waals surface area contributed by atoms with Crippen LogP contribution in [0.15, 0.2) is 23.1 Å². The van der Waals surface area contributed by atoms with Crippen molar-refractivity contribution in [1.29, 1.82) is 0 Å². The van der Waals surface area contributed by atoms with Crippen molar-refractivity contribution in [3.63, 3.8) is 0 Å². The van der Waals surface area contributed by atoms with Gasteiger partial charge in [-0.05, 0) is 18.2 Å². The van der Waals surface area contributed by atoms with E-state index in [1.54, 1.807) is 0 Å². The summed E-state index contributed by atoms with van der Waals surface area (Å²) in [5.41, 5.74) is 0. The number of rotatable bonds is 5. The van der Waals surface area contributed by atoms with Gasteiger partial charge in [0.2, 0.25) is 0 Å². The van der Waals surface area contributed by atoms with Gasteiger partial charge in [-0.1, -0.05) is 0 Å². The van der Waals surface area contributed by atoms with Crippen LogP contribution in [0.3, 0.4) is 0 Å². The average molecular weight is 317 g/mol. The number of halogens is 2. The Labute approximate surface area is 109 Å². The monoisotopic (exact) mass is 316 g/mol. The van der Waals surface area contributed by atoms with Crippen LogP contribution in [-0.2, 0) is 18.9 Å². The van der Waals surface area contributed by atoms with Crippen molar-refractivity contribution in [2.24, 2.45) is 0 Å². The maximum Gasteiger partial charge on any atom is 0.265 e. The predicted octanol–water partition coefficient (Wildman–Crippen LogP) is 1.18. The standard InChI is InChI=1S/C9H10ClFO5S2/c1-17(12,13)5-4-16-8-3-2-7(11)6-9(8)18(10,14)15/h2-3,6H,4-5H2,1H3. The summed E-state index contributed by atoms with van der Waals surface area (Å²) < 4.78 is 62.0. The molecule has 1 rings (SSSR count). The third-order valence-electron chi connectivity index (χ3n) is 1.88. The molecule has 0 aliphatic heterocycles. The molecule has 0 bridgehead atoms. The third kappa shape index (κ3) is 4.79. The lowest BCUT2D eigenvalue weighted by atomic mass is 10.3. The Balaban J connectivity index is 2.96. The van der Waals surface area contributed by atoms with E-state index in [0.717, 1.165) is 18.4 Å². The highest BCUT2D eigenvalue weighted by atomic mass is 35.7. The van der Waals surface area contributed by atoms with Gasteiger partial charge in [0, 0.05) is 16.9 Å². The Morgan fingerprint density at radius 3 is 2.39 bits per heavy atom. The van der Waals surface area contributed by atoms with E-state index in [0.29, 0.717) is 6.07 Å². The predicted molar refractivity (Wildman–Crippen MR) is 64.6 cm³/mol. The lowest BCUT2D eigenvalue weighted by Gasteiger charge is -2.09. The van der Waals surface area contributed by atoms with Crippen LogP contribution in [-0.4, -0.2) is 35.5 Å². The van der Waals surface area contributed by atoms with Crippen molar-refractivity contribution >= 4 is 29.6 Å². The fourth-order valence-electron chi connectivity index (χ4n) is 1.09. The van der Waals surface area contributed by atoms with E-state index < -0.39 is 29.6 Å². The van der Waals surface area contributed by atoms with Crippen LogP contribution >= 0.6 is 10.7 Å². The molecular weight excluding hydrogens is 307 g/mol. The van der Waals surface area contributed by atoms with Crippen molar-refractivity contribution < 1.29 is 26.0 Å². The number of hydrogen-bond acceptors (Lipinski definition) is 5. The first-order valence-corrected chi connectivity index (χ1v) is 9.01. The zero-order chi connectivity index (χ0) is 14.0. The van der Waals surface area contributed by atoms with Crippen LogP contribution in [0, 0.1) is 5.82 Å². The first-order valence-electron chi connectivity index (χ1n) is 4.64. The van der Waals surface area contributed by atoms with Crippen LogP contribution in [0.25, 0.3) is 0 Å². The molecule has 1 aromatic carbocycles. The van der Waals surface area contributed by atoms with E-state index in [4.69, 9.17) is 15.4 Å². The summed E-state index contributed by atoms with van der Waals surface area (Å²) >= 11 is 0. The average Bonchev–Trinajstić information content (AvgIpc) is 2.17. The highest BCUT2D eigenvalue weighted by Gasteiger charge is 2.18. The number of ether oxygens (including phenoxy) is 1. The van der Waals surface area contributed by atoms with Crippen LogP contribution in [0.4, 0.5) is 4.39 Å². The summed E-state index contributed by atoms with van der Waals surface area (Å²) in [6, 6.07) is 2.77. The van der Waals surface area contributed by atoms with Crippen LogP contribution in [0.1, 0.15) is 0 Å². The van der Waals surface area contributed by atoms with Gasteiger partial charge in [0.15, 0.2) is 9.84 Å². The summed E-state index contributed by atoms with van der Waals surface area (Å²) in [7, 11) is -2.28. The van der Waals surface area contributed by atoms with E-state index in [1.807, 2.05) is 0 Å². The van der Waals surface area contributed by atoms with Gasteiger partial charge in [-0.3, -0.25) is 0 Å². The third-order valence-corrected chi connectivity index (χ3v) is 4.13. The van der Waals surface area contributed by atoms with Crippen molar-refractivity contribution in [3.8, 4) is 5.75 Å². The Kier molecular flexibility index (Phi) is 4.57. The zero-order valence-corrected chi connectivity index (χ0v) is 11.6. The van der Waals surface area contributed by atoms with E-state index in [9.17, 15) is 21.2 Å². The van der Waals surface area contributed by atoms with Crippen molar-refractivity contribution in [3.05, 3.63) is 24.0 Å². The molecule has 0 spiro atoms. The molecule has 1 aromatic rings. The minimum absolute atomic E-state index is 0.185. The quantitative estimate of drug-likeness (QED) is 0.762. The molecule has 0 atom stereocenters. The summed E-state index contributed by atoms with van der Waals surface area (Å²) in [6.07, 6.45) is 1.01. The molecule has 9 heteroatoms. The Morgan fingerprint density at radius 2 is 1.89 bits per heavy atom. The zero-order valence-electron chi connectivity index (χ0n) is 9.26. The molecule has 102 valence electrons. The van der Waals surface area contributed by atoms with Crippen molar-refractivity contribution in [1.82, 2.24) is 0 Å². The molecule has 0 unspecified atom stereocenters. The van der Waals surface area contributed by atoms with Crippen molar-refractivity contribution in [2.45, 2.75) is 4.90 Å². The molecule has 5 nitrogen and oxygen atoms in total. The molecule has 0 aliphatic carbocycles. The summed E-state index contributed by atoms with van der Waals surface area (Å²) in [5, 5.41) is 0. The van der Waals surface area contributed by atoms with Gasteiger partial charge in [-0.25, -0.2) is 21.2 Å². The smallest absolute Gasteiger partial charge is 0.265 e. The fraction of sp³-hybridized carbons (Fsp3) is 0.333. The van der Waals surface area contributed by atoms with Gasteiger partial charge in [-0.2, -0.15) is 0 Å². The molecule has 0 saturated heterocycles. The first kappa shape index (κ1) is 15.2. The lowest BCUT2D eigenvalue weighted by molar-refractivity contribution is 0.331. The molecule has 0 heterocycles. The highest BCUT2D eigenvalue weighted by Crippen LogP contribution is 2.27. The van der Waals surface area contributed by atoms with Gasteiger partial charge in [-0.15, -0.1) is 0 Å². The minimum atomic E-state index is -4.16. The molecule has 0 amide bonds. The first-order chi connectivity index (χ1) is 8.09. The van der Waals surface area contributed by atoms with Crippen LogP contribution in [0.5, 0.6) is 5.75 Å². The summed E-state index contributed by atoms with van der Waals surface area (Å²) in [6.45, 7) is -0.246. The van der Waals surface area contributed by atoms with E-state index in [-0.39, 0.29) is 18.1 Å². The van der Waals surface area contributed by atoms with E-state index in [1.165, 1.54) is 0 Å².